The fraction of sp³-hybridized carbons (Fsp3) is 0.118. The number of halogens is 1. The molecule has 130 valence electrons. The zero-order valence-electron chi connectivity index (χ0n) is 13.5. The summed E-state index contributed by atoms with van der Waals surface area (Å²) >= 11 is 0. The molecule has 2 aromatic rings. The number of rotatable bonds is 6. The van der Waals surface area contributed by atoms with Gasteiger partial charge in [0.2, 0.25) is 5.91 Å². The minimum Gasteiger partial charge on any atom is -0.493 e. The van der Waals surface area contributed by atoms with Gasteiger partial charge in [-0.1, -0.05) is 0 Å². The molecule has 2 aromatic carbocycles. The molecule has 0 fully saturated rings. The van der Waals surface area contributed by atoms with E-state index in [0.29, 0.717) is 11.4 Å². The third-order valence-electron chi connectivity index (χ3n) is 3.26. The Labute approximate surface area is 142 Å². The molecule has 0 radical (unpaired) electrons. The summed E-state index contributed by atoms with van der Waals surface area (Å²) < 4.78 is 23.0. The number of nitrogens with zero attached hydrogens (tertiary/aromatic N) is 1. The Kier molecular flexibility index (Phi) is 5.67. The topological polar surface area (TPSA) is 90.7 Å². The SMILES string of the molecule is COc1cc(C=CC(=O)Nc2ccc(F)cc2)c([N+](=O)[O-])cc1OC. The molecule has 7 nitrogen and oxygen atoms in total. The van der Waals surface area contributed by atoms with Gasteiger partial charge >= 0.3 is 0 Å². The lowest BCUT2D eigenvalue weighted by Crippen LogP contribution is -2.07. The van der Waals surface area contributed by atoms with Crippen molar-refractivity contribution in [3.8, 4) is 11.5 Å². The van der Waals surface area contributed by atoms with Gasteiger partial charge in [0.15, 0.2) is 11.5 Å². The minimum atomic E-state index is -0.584. The maximum atomic E-state index is 12.8. The van der Waals surface area contributed by atoms with Gasteiger partial charge in [0.25, 0.3) is 5.69 Å². The highest BCUT2D eigenvalue weighted by molar-refractivity contribution is 6.02. The molecule has 0 spiro atoms. The number of amides is 1. The summed E-state index contributed by atoms with van der Waals surface area (Å²) in [6.07, 6.45) is 2.43. The first kappa shape index (κ1) is 17.9. The number of carbonyl (C=O) groups excluding carboxylic acids is 1. The Hall–Kier alpha value is -3.42. The molecular formula is C17H15FN2O5. The van der Waals surface area contributed by atoms with E-state index in [9.17, 15) is 19.3 Å². The van der Waals surface area contributed by atoms with Crippen LogP contribution >= 0.6 is 0 Å². The summed E-state index contributed by atoms with van der Waals surface area (Å²) in [6, 6.07) is 7.84. The van der Waals surface area contributed by atoms with Gasteiger partial charge in [0.05, 0.1) is 30.8 Å². The van der Waals surface area contributed by atoms with Crippen LogP contribution in [0.5, 0.6) is 11.5 Å². The monoisotopic (exact) mass is 346 g/mol. The fourth-order valence-electron chi connectivity index (χ4n) is 2.06. The van der Waals surface area contributed by atoms with Crippen molar-refractivity contribution in [2.24, 2.45) is 0 Å². The van der Waals surface area contributed by atoms with E-state index in [2.05, 4.69) is 5.32 Å². The zero-order valence-corrected chi connectivity index (χ0v) is 13.5. The summed E-state index contributed by atoms with van der Waals surface area (Å²) in [5.74, 6) is -0.431. The molecule has 25 heavy (non-hydrogen) atoms. The van der Waals surface area contributed by atoms with Crippen molar-refractivity contribution in [2.75, 3.05) is 19.5 Å². The van der Waals surface area contributed by atoms with Gasteiger partial charge in [0.1, 0.15) is 5.82 Å². The van der Waals surface area contributed by atoms with Crippen molar-refractivity contribution in [1.82, 2.24) is 0 Å². The van der Waals surface area contributed by atoms with Crippen molar-refractivity contribution in [3.63, 3.8) is 0 Å². The summed E-state index contributed by atoms with van der Waals surface area (Å²) in [6.45, 7) is 0. The summed E-state index contributed by atoms with van der Waals surface area (Å²) in [4.78, 5) is 22.5. The van der Waals surface area contributed by atoms with Gasteiger partial charge in [0, 0.05) is 11.8 Å². The number of nitro benzene ring substituents is 1. The molecule has 0 aromatic heterocycles. The summed E-state index contributed by atoms with van der Waals surface area (Å²) in [5, 5.41) is 13.7. The van der Waals surface area contributed by atoms with Gasteiger partial charge in [-0.2, -0.15) is 0 Å². The van der Waals surface area contributed by atoms with Gasteiger partial charge < -0.3 is 14.8 Å². The molecule has 0 aliphatic carbocycles. The van der Waals surface area contributed by atoms with E-state index in [1.807, 2.05) is 0 Å². The van der Waals surface area contributed by atoms with Crippen molar-refractivity contribution in [1.29, 1.82) is 0 Å². The Balaban J connectivity index is 2.25. The number of benzene rings is 2. The molecule has 0 aliphatic heterocycles. The van der Waals surface area contributed by atoms with Crippen LogP contribution in [0.15, 0.2) is 42.5 Å². The molecule has 0 unspecified atom stereocenters. The minimum absolute atomic E-state index is 0.178. The van der Waals surface area contributed by atoms with Crippen molar-refractivity contribution in [3.05, 3.63) is 64.0 Å². The molecule has 0 heterocycles. The van der Waals surface area contributed by atoms with Crippen LogP contribution in [0.2, 0.25) is 0 Å². The number of carbonyl (C=O) groups is 1. The van der Waals surface area contributed by atoms with Crippen molar-refractivity contribution in [2.45, 2.75) is 0 Å². The lowest BCUT2D eigenvalue weighted by atomic mass is 10.1. The molecule has 2 rings (SSSR count). The lowest BCUT2D eigenvalue weighted by Gasteiger charge is -2.08. The van der Waals surface area contributed by atoms with Crippen LogP contribution < -0.4 is 14.8 Å². The highest BCUT2D eigenvalue weighted by Crippen LogP contribution is 2.35. The van der Waals surface area contributed by atoms with Crippen LogP contribution in [0, 0.1) is 15.9 Å². The van der Waals surface area contributed by atoms with E-state index in [4.69, 9.17) is 9.47 Å². The Morgan fingerprint density at radius 3 is 2.32 bits per heavy atom. The Morgan fingerprint density at radius 1 is 1.16 bits per heavy atom. The van der Waals surface area contributed by atoms with E-state index < -0.39 is 16.6 Å². The highest BCUT2D eigenvalue weighted by atomic mass is 19.1. The second kappa shape index (κ2) is 7.91. The number of hydrogen-bond donors (Lipinski definition) is 1. The summed E-state index contributed by atoms with van der Waals surface area (Å²) in [7, 11) is 2.77. The number of nitrogens with one attached hydrogen (secondary N) is 1. The molecule has 0 saturated carbocycles. The second-order valence-electron chi connectivity index (χ2n) is 4.85. The smallest absolute Gasteiger partial charge is 0.280 e. The van der Waals surface area contributed by atoms with Crippen LogP contribution in [0.25, 0.3) is 6.08 Å². The predicted octanol–water partition coefficient (Wildman–Crippen LogP) is 3.40. The van der Waals surface area contributed by atoms with Gasteiger partial charge in [-0.25, -0.2) is 4.39 Å². The fourth-order valence-corrected chi connectivity index (χ4v) is 2.06. The van der Waals surface area contributed by atoms with E-state index in [1.165, 1.54) is 56.7 Å². The number of ether oxygens (including phenoxy) is 2. The quantitative estimate of drug-likeness (QED) is 0.492. The van der Waals surface area contributed by atoms with Crippen LogP contribution in [-0.4, -0.2) is 25.1 Å². The first-order valence-corrected chi connectivity index (χ1v) is 7.09. The van der Waals surface area contributed by atoms with E-state index in [1.54, 1.807) is 0 Å². The van der Waals surface area contributed by atoms with E-state index >= 15 is 0 Å². The predicted molar refractivity (Wildman–Crippen MR) is 90.3 cm³/mol. The second-order valence-corrected chi connectivity index (χ2v) is 4.85. The van der Waals surface area contributed by atoms with Crippen molar-refractivity contribution < 1.29 is 23.6 Å². The first-order chi connectivity index (χ1) is 11.9. The number of methoxy groups -OCH3 is 2. The zero-order chi connectivity index (χ0) is 18.4. The molecule has 1 amide bonds. The van der Waals surface area contributed by atoms with Crippen LogP contribution in [-0.2, 0) is 4.79 Å². The maximum Gasteiger partial charge on any atom is 0.280 e. The lowest BCUT2D eigenvalue weighted by molar-refractivity contribution is -0.385. The number of nitro groups is 1. The van der Waals surface area contributed by atoms with Gasteiger partial charge in [-0.15, -0.1) is 0 Å². The molecule has 0 bridgehead atoms. The maximum absolute atomic E-state index is 12.8. The third kappa shape index (κ3) is 4.54. The van der Waals surface area contributed by atoms with Gasteiger partial charge in [-0.3, -0.25) is 14.9 Å². The number of anilines is 1. The molecular weight excluding hydrogens is 331 g/mol. The average Bonchev–Trinajstić information content (AvgIpc) is 2.60. The summed E-state index contributed by atoms with van der Waals surface area (Å²) in [5.41, 5.74) is 0.346. The van der Waals surface area contributed by atoms with Gasteiger partial charge in [-0.05, 0) is 36.4 Å². The molecule has 8 heteroatoms. The van der Waals surface area contributed by atoms with E-state index in [0.717, 1.165) is 6.08 Å². The Morgan fingerprint density at radius 2 is 1.76 bits per heavy atom. The Bertz CT molecular complexity index is 819. The highest BCUT2D eigenvalue weighted by Gasteiger charge is 2.18. The number of hydrogen-bond acceptors (Lipinski definition) is 5. The molecule has 1 N–H and O–H groups in total. The molecule has 0 aliphatic rings. The van der Waals surface area contributed by atoms with Crippen LogP contribution in [0.1, 0.15) is 5.56 Å². The standard InChI is InChI=1S/C17H15FN2O5/c1-24-15-9-11(14(20(22)23)10-16(15)25-2)3-8-17(21)19-13-6-4-12(18)5-7-13/h3-10H,1-2H3,(H,19,21). The first-order valence-electron chi connectivity index (χ1n) is 7.09. The average molecular weight is 346 g/mol. The van der Waals surface area contributed by atoms with Crippen molar-refractivity contribution >= 4 is 23.4 Å². The van der Waals surface area contributed by atoms with E-state index in [-0.39, 0.29) is 17.0 Å². The largest absolute Gasteiger partial charge is 0.493 e. The molecule has 0 saturated heterocycles. The normalized spacial score (nSPS) is 10.5. The molecule has 0 atom stereocenters. The van der Waals surface area contributed by atoms with Crippen LogP contribution in [0.4, 0.5) is 15.8 Å². The van der Waals surface area contributed by atoms with Crippen LogP contribution in [0.3, 0.4) is 0 Å². The third-order valence-corrected chi connectivity index (χ3v) is 3.26.